The molecule has 7 heteroatoms. The number of fused-ring (bicyclic) bond motifs is 1. The zero-order chi connectivity index (χ0) is 21.1. The van der Waals surface area contributed by atoms with E-state index in [0.717, 1.165) is 28.1 Å². The molecule has 2 aromatic heterocycles. The fourth-order valence-electron chi connectivity index (χ4n) is 3.81. The maximum Gasteiger partial charge on any atom is 0.224 e. The van der Waals surface area contributed by atoms with Crippen molar-refractivity contribution in [3.05, 3.63) is 59.7 Å². The van der Waals surface area contributed by atoms with Crippen LogP contribution >= 0.6 is 0 Å². The average Bonchev–Trinajstić information content (AvgIpc) is 2.95. The summed E-state index contributed by atoms with van der Waals surface area (Å²) < 4.78 is 13.4. The van der Waals surface area contributed by atoms with Gasteiger partial charge in [0, 0.05) is 48.7 Å². The van der Waals surface area contributed by atoms with Crippen LogP contribution in [0.2, 0.25) is 0 Å². The summed E-state index contributed by atoms with van der Waals surface area (Å²) in [5.41, 5.74) is 4.94. The SMILES string of the molecule is COc1cc(-c2cccnc2)cc2c1OCCN(C(=O)CCn1nc(C)cc1C)C2. The molecule has 1 amide bonds. The lowest BCUT2D eigenvalue weighted by Gasteiger charge is -2.20. The van der Waals surface area contributed by atoms with Gasteiger partial charge in [0.1, 0.15) is 6.61 Å². The van der Waals surface area contributed by atoms with E-state index in [9.17, 15) is 4.79 Å². The molecule has 7 nitrogen and oxygen atoms in total. The van der Waals surface area contributed by atoms with Crippen LogP contribution in [0.15, 0.2) is 42.7 Å². The fourth-order valence-corrected chi connectivity index (χ4v) is 3.81. The lowest BCUT2D eigenvalue weighted by atomic mass is 10.0. The molecule has 1 aromatic carbocycles. The molecule has 0 aliphatic carbocycles. The first-order valence-corrected chi connectivity index (χ1v) is 10.1. The van der Waals surface area contributed by atoms with Gasteiger partial charge >= 0.3 is 0 Å². The molecule has 0 fully saturated rings. The molecule has 0 bridgehead atoms. The molecule has 0 atom stereocenters. The highest BCUT2D eigenvalue weighted by Gasteiger charge is 2.23. The zero-order valence-electron chi connectivity index (χ0n) is 17.6. The summed E-state index contributed by atoms with van der Waals surface area (Å²) in [5, 5.41) is 4.45. The van der Waals surface area contributed by atoms with E-state index in [0.29, 0.717) is 44.2 Å². The molecule has 1 aliphatic heterocycles. The van der Waals surface area contributed by atoms with Crippen molar-refractivity contribution in [2.45, 2.75) is 33.4 Å². The Hall–Kier alpha value is -3.35. The predicted molar refractivity (Wildman–Crippen MR) is 113 cm³/mol. The van der Waals surface area contributed by atoms with E-state index in [4.69, 9.17) is 9.47 Å². The van der Waals surface area contributed by atoms with Crippen molar-refractivity contribution in [2.24, 2.45) is 0 Å². The largest absolute Gasteiger partial charge is 0.493 e. The number of nitrogens with zero attached hydrogens (tertiary/aromatic N) is 4. The second-order valence-electron chi connectivity index (χ2n) is 7.47. The first-order valence-electron chi connectivity index (χ1n) is 10.1. The van der Waals surface area contributed by atoms with Crippen molar-refractivity contribution in [3.63, 3.8) is 0 Å². The Morgan fingerprint density at radius 3 is 2.80 bits per heavy atom. The van der Waals surface area contributed by atoms with Gasteiger partial charge in [0.05, 0.1) is 19.3 Å². The number of aryl methyl sites for hydroxylation is 3. The quantitative estimate of drug-likeness (QED) is 0.650. The van der Waals surface area contributed by atoms with Gasteiger partial charge in [0.15, 0.2) is 11.5 Å². The zero-order valence-corrected chi connectivity index (χ0v) is 17.6. The van der Waals surface area contributed by atoms with Crippen molar-refractivity contribution in [2.75, 3.05) is 20.3 Å². The van der Waals surface area contributed by atoms with Crippen molar-refractivity contribution >= 4 is 5.91 Å². The van der Waals surface area contributed by atoms with Gasteiger partial charge in [-0.2, -0.15) is 5.10 Å². The highest BCUT2D eigenvalue weighted by Crippen LogP contribution is 2.38. The Morgan fingerprint density at radius 1 is 1.23 bits per heavy atom. The fraction of sp³-hybridized carbons (Fsp3) is 0.348. The van der Waals surface area contributed by atoms with Crippen molar-refractivity contribution < 1.29 is 14.3 Å². The van der Waals surface area contributed by atoms with Gasteiger partial charge in [-0.25, -0.2) is 0 Å². The molecule has 0 saturated carbocycles. The summed E-state index contributed by atoms with van der Waals surface area (Å²) in [5.74, 6) is 1.46. The Morgan fingerprint density at radius 2 is 2.10 bits per heavy atom. The third kappa shape index (κ3) is 4.15. The van der Waals surface area contributed by atoms with Crippen LogP contribution in [0, 0.1) is 13.8 Å². The molecule has 0 unspecified atom stereocenters. The lowest BCUT2D eigenvalue weighted by molar-refractivity contribution is -0.132. The van der Waals surface area contributed by atoms with E-state index >= 15 is 0 Å². The van der Waals surface area contributed by atoms with E-state index in [-0.39, 0.29) is 5.91 Å². The van der Waals surface area contributed by atoms with Crippen LogP contribution in [0.1, 0.15) is 23.4 Å². The number of hydrogen-bond acceptors (Lipinski definition) is 5. The number of ether oxygens (including phenoxy) is 2. The highest BCUT2D eigenvalue weighted by atomic mass is 16.5. The Labute approximate surface area is 176 Å². The smallest absolute Gasteiger partial charge is 0.224 e. The summed E-state index contributed by atoms with van der Waals surface area (Å²) >= 11 is 0. The molecule has 0 spiro atoms. The molecule has 156 valence electrons. The Balaban J connectivity index is 1.56. The van der Waals surface area contributed by atoms with Crippen LogP contribution in [-0.4, -0.2) is 45.8 Å². The van der Waals surface area contributed by atoms with Crippen LogP contribution in [0.25, 0.3) is 11.1 Å². The van der Waals surface area contributed by atoms with Gasteiger partial charge in [-0.15, -0.1) is 0 Å². The second-order valence-corrected chi connectivity index (χ2v) is 7.47. The first kappa shape index (κ1) is 19.9. The second kappa shape index (κ2) is 8.57. The maximum absolute atomic E-state index is 12.9. The van der Waals surface area contributed by atoms with Gasteiger partial charge < -0.3 is 14.4 Å². The molecule has 3 heterocycles. The number of aromatic nitrogens is 3. The van der Waals surface area contributed by atoms with E-state index in [1.807, 2.05) is 53.9 Å². The summed E-state index contributed by atoms with van der Waals surface area (Å²) in [7, 11) is 1.63. The lowest BCUT2D eigenvalue weighted by Crippen LogP contribution is -2.33. The molecule has 30 heavy (non-hydrogen) atoms. The average molecular weight is 406 g/mol. The molecule has 1 aliphatic rings. The van der Waals surface area contributed by atoms with E-state index in [2.05, 4.69) is 16.1 Å². The molecular weight excluding hydrogens is 380 g/mol. The third-order valence-electron chi connectivity index (χ3n) is 5.31. The minimum Gasteiger partial charge on any atom is -0.493 e. The predicted octanol–water partition coefficient (Wildman–Crippen LogP) is 3.38. The molecular formula is C23H26N4O3. The first-order chi connectivity index (χ1) is 14.5. The summed E-state index contributed by atoms with van der Waals surface area (Å²) in [6.45, 7) is 5.99. The van der Waals surface area contributed by atoms with Crippen LogP contribution < -0.4 is 9.47 Å². The van der Waals surface area contributed by atoms with E-state index in [1.165, 1.54) is 0 Å². The van der Waals surface area contributed by atoms with Crippen LogP contribution in [-0.2, 0) is 17.9 Å². The Bertz CT molecular complexity index is 1050. The molecule has 0 radical (unpaired) electrons. The van der Waals surface area contributed by atoms with Gasteiger partial charge in [-0.3, -0.25) is 14.5 Å². The molecule has 0 N–H and O–H groups in total. The monoisotopic (exact) mass is 406 g/mol. The number of carbonyl (C=O) groups is 1. The van der Waals surface area contributed by atoms with E-state index < -0.39 is 0 Å². The van der Waals surface area contributed by atoms with Crippen molar-refractivity contribution in [1.82, 2.24) is 19.7 Å². The molecule has 3 aromatic rings. The number of rotatable bonds is 5. The van der Waals surface area contributed by atoms with Crippen LogP contribution in [0.5, 0.6) is 11.5 Å². The standard InChI is InChI=1S/C23H26N4O3/c1-16-11-17(2)27(25-16)8-6-22(28)26-9-10-30-23-20(15-26)12-19(13-21(23)29-3)18-5-4-7-24-14-18/h4-5,7,11-14H,6,8-10,15H2,1-3H3. The summed E-state index contributed by atoms with van der Waals surface area (Å²) in [6.07, 6.45) is 3.96. The van der Waals surface area contributed by atoms with Gasteiger partial charge in [0.25, 0.3) is 0 Å². The number of amides is 1. The van der Waals surface area contributed by atoms with Crippen molar-refractivity contribution in [3.8, 4) is 22.6 Å². The number of benzene rings is 1. The van der Waals surface area contributed by atoms with Crippen LogP contribution in [0.3, 0.4) is 0 Å². The summed E-state index contributed by atoms with van der Waals surface area (Å²) in [4.78, 5) is 19.0. The normalized spacial score (nSPS) is 13.4. The summed E-state index contributed by atoms with van der Waals surface area (Å²) in [6, 6.07) is 9.94. The highest BCUT2D eigenvalue weighted by molar-refractivity contribution is 5.77. The third-order valence-corrected chi connectivity index (χ3v) is 5.31. The van der Waals surface area contributed by atoms with Gasteiger partial charge in [-0.05, 0) is 43.7 Å². The minimum absolute atomic E-state index is 0.0877. The van der Waals surface area contributed by atoms with Gasteiger partial charge in [0.2, 0.25) is 5.91 Å². The maximum atomic E-state index is 12.9. The molecule has 0 saturated heterocycles. The topological polar surface area (TPSA) is 69.5 Å². The molecule has 4 rings (SSSR count). The van der Waals surface area contributed by atoms with Gasteiger partial charge in [-0.1, -0.05) is 6.07 Å². The van der Waals surface area contributed by atoms with Crippen LogP contribution in [0.4, 0.5) is 0 Å². The number of methoxy groups -OCH3 is 1. The van der Waals surface area contributed by atoms with E-state index in [1.54, 1.807) is 13.3 Å². The number of hydrogen-bond donors (Lipinski definition) is 0. The Kier molecular flexibility index (Phi) is 5.70. The minimum atomic E-state index is 0.0877. The number of carbonyl (C=O) groups excluding carboxylic acids is 1. The van der Waals surface area contributed by atoms with Crippen molar-refractivity contribution in [1.29, 1.82) is 0 Å². The number of pyridine rings is 1.